The van der Waals surface area contributed by atoms with Crippen LogP contribution in [-0.2, 0) is 33.3 Å². The maximum absolute atomic E-state index is 12.0. The Kier molecular flexibility index (Phi) is 9.95. The zero-order valence-corrected chi connectivity index (χ0v) is 19.0. The molecule has 0 aromatic carbocycles. The fraction of sp³-hybridized carbons (Fsp3) is 0.800. The van der Waals surface area contributed by atoms with Crippen molar-refractivity contribution in [1.82, 2.24) is 0 Å². The topological polar surface area (TPSA) is 242 Å². The van der Waals surface area contributed by atoms with Crippen LogP contribution in [0.2, 0.25) is 0 Å². The molecule has 2 aliphatic heterocycles. The smallest absolute Gasteiger partial charge is 0.377 e. The van der Waals surface area contributed by atoms with E-state index in [0.29, 0.717) is 0 Å². The molecule has 2 aliphatic rings. The second-order valence-electron chi connectivity index (χ2n) is 8.23. The van der Waals surface area contributed by atoms with E-state index in [1.165, 1.54) is 13.0 Å². The van der Waals surface area contributed by atoms with Gasteiger partial charge in [-0.05, 0) is 6.92 Å². The molecule has 0 unspecified atom stereocenters. The normalized spacial score (nSPS) is 39.8. The molecule has 0 amide bonds. The molecule has 2 saturated heterocycles. The SMILES string of the molecule is C/C=C\O[C@]1(C(=O)O)C[C@@H](O)[C@@H](O)[C@@H]([C@@H](CO[C@]2(C(=O)O)C[C@@H](O)[C@@H](O)[C@@H]([C@H](O)CO)O2)OC)O1. The predicted molar refractivity (Wildman–Crippen MR) is 109 cm³/mol. The molecule has 2 heterocycles. The quantitative estimate of drug-likeness (QED) is 0.125. The lowest BCUT2D eigenvalue weighted by molar-refractivity contribution is -0.340. The average Bonchev–Trinajstić information content (AvgIpc) is 2.82. The van der Waals surface area contributed by atoms with Gasteiger partial charge >= 0.3 is 17.7 Å². The molecule has 0 saturated carbocycles. The lowest BCUT2D eigenvalue weighted by Crippen LogP contribution is -2.65. The molecule has 2 rings (SSSR count). The average molecular weight is 512 g/mol. The van der Waals surface area contributed by atoms with E-state index in [1.54, 1.807) is 0 Å². The highest BCUT2D eigenvalue weighted by Gasteiger charge is 2.57. The van der Waals surface area contributed by atoms with E-state index in [1.807, 2.05) is 0 Å². The standard InChI is InChI=1S/C20H32O15/c1-3-4-32-19(17(27)28)5-10(23)14(26)16(35-19)12(31-2)8-33-20(18(29)30)6-9(22)13(25)15(34-20)11(24)7-21/h3-4,9-16,21-26H,5-8H2,1-2H3,(H,27,28)(H,29,30)/b4-3-/t9-,10-,11-,12-,13-,14-,15-,16-,19-,20-/m1/s1. The summed E-state index contributed by atoms with van der Waals surface area (Å²) >= 11 is 0. The highest BCUT2D eigenvalue weighted by Crippen LogP contribution is 2.36. The van der Waals surface area contributed by atoms with Crippen molar-refractivity contribution in [3.63, 3.8) is 0 Å². The van der Waals surface area contributed by atoms with E-state index in [2.05, 4.69) is 0 Å². The first-order valence-corrected chi connectivity index (χ1v) is 10.7. The monoisotopic (exact) mass is 512 g/mol. The third-order valence-electron chi connectivity index (χ3n) is 5.83. The molecule has 0 aromatic rings. The summed E-state index contributed by atoms with van der Waals surface area (Å²) in [7, 11) is 1.12. The number of carboxylic acid groups (broad SMARTS) is 2. The maximum atomic E-state index is 12.0. The summed E-state index contributed by atoms with van der Waals surface area (Å²) in [5, 5.41) is 79.4. The van der Waals surface area contributed by atoms with Gasteiger partial charge in [-0.2, -0.15) is 0 Å². The van der Waals surface area contributed by atoms with Crippen LogP contribution in [0, 0.1) is 0 Å². The summed E-state index contributed by atoms with van der Waals surface area (Å²) in [6, 6.07) is 0. The maximum Gasteiger partial charge on any atom is 0.377 e. The van der Waals surface area contributed by atoms with Crippen molar-refractivity contribution in [2.75, 3.05) is 20.3 Å². The highest BCUT2D eigenvalue weighted by atomic mass is 16.7. The van der Waals surface area contributed by atoms with Crippen LogP contribution in [0.5, 0.6) is 0 Å². The molecule has 2 fully saturated rings. The largest absolute Gasteiger partial charge is 0.477 e. The van der Waals surface area contributed by atoms with E-state index < -0.39 is 98.4 Å². The first-order chi connectivity index (χ1) is 16.4. The zero-order valence-electron chi connectivity index (χ0n) is 19.0. The summed E-state index contributed by atoms with van der Waals surface area (Å²) in [4.78, 5) is 23.9. The predicted octanol–water partition coefficient (Wildman–Crippen LogP) is -3.50. The number of ether oxygens (including phenoxy) is 5. The zero-order chi connectivity index (χ0) is 26.6. The number of hydrogen-bond acceptors (Lipinski definition) is 13. The van der Waals surface area contributed by atoms with Gasteiger partial charge in [-0.3, -0.25) is 0 Å². The Morgan fingerprint density at radius 1 is 1.00 bits per heavy atom. The van der Waals surface area contributed by atoms with Gasteiger partial charge < -0.3 is 64.5 Å². The second kappa shape index (κ2) is 11.9. The van der Waals surface area contributed by atoms with Crippen LogP contribution in [0.4, 0.5) is 0 Å². The summed E-state index contributed by atoms with van der Waals surface area (Å²) in [5.74, 6) is -8.41. The molecule has 15 heteroatoms. The minimum atomic E-state index is -2.64. The number of carbonyl (C=O) groups is 2. The number of allylic oxidation sites excluding steroid dienone is 1. The van der Waals surface area contributed by atoms with Crippen molar-refractivity contribution in [2.45, 2.75) is 80.2 Å². The first kappa shape index (κ1) is 29.3. The second-order valence-corrected chi connectivity index (χ2v) is 8.23. The van der Waals surface area contributed by atoms with Gasteiger partial charge in [0, 0.05) is 13.5 Å². The van der Waals surface area contributed by atoms with Gasteiger partial charge in [-0.15, -0.1) is 0 Å². The molecule has 8 N–H and O–H groups in total. The Labute approximate surface area is 199 Å². The Hall–Kier alpha value is -1.92. The van der Waals surface area contributed by atoms with E-state index in [-0.39, 0.29) is 0 Å². The van der Waals surface area contributed by atoms with Gasteiger partial charge in [0.15, 0.2) is 0 Å². The van der Waals surface area contributed by atoms with Gasteiger partial charge in [-0.25, -0.2) is 9.59 Å². The van der Waals surface area contributed by atoms with Crippen molar-refractivity contribution < 1.29 is 74.1 Å². The third kappa shape index (κ3) is 6.08. The highest BCUT2D eigenvalue weighted by molar-refractivity contribution is 5.76. The first-order valence-electron chi connectivity index (χ1n) is 10.7. The van der Waals surface area contributed by atoms with Crippen LogP contribution in [0.3, 0.4) is 0 Å². The van der Waals surface area contributed by atoms with Crippen molar-refractivity contribution >= 4 is 11.9 Å². The van der Waals surface area contributed by atoms with Gasteiger partial charge in [0.2, 0.25) is 0 Å². The number of aliphatic hydroxyl groups excluding tert-OH is 6. The molecular formula is C20H32O15. The minimum Gasteiger partial charge on any atom is -0.477 e. The van der Waals surface area contributed by atoms with Crippen LogP contribution in [0.15, 0.2) is 12.3 Å². The fourth-order valence-corrected chi connectivity index (χ4v) is 3.86. The molecule has 35 heavy (non-hydrogen) atoms. The Morgan fingerprint density at radius 3 is 2.00 bits per heavy atom. The van der Waals surface area contributed by atoms with Crippen LogP contribution < -0.4 is 0 Å². The van der Waals surface area contributed by atoms with Crippen molar-refractivity contribution in [1.29, 1.82) is 0 Å². The summed E-state index contributed by atoms with van der Waals surface area (Å²) in [5.41, 5.74) is 0. The van der Waals surface area contributed by atoms with Gasteiger partial charge in [0.05, 0.1) is 38.1 Å². The number of hydrogen-bond donors (Lipinski definition) is 8. The van der Waals surface area contributed by atoms with E-state index >= 15 is 0 Å². The van der Waals surface area contributed by atoms with Crippen LogP contribution in [0.25, 0.3) is 0 Å². The number of methoxy groups -OCH3 is 1. The number of aliphatic carboxylic acids is 2. The molecule has 0 radical (unpaired) electrons. The Balaban J connectivity index is 2.30. The van der Waals surface area contributed by atoms with E-state index in [0.717, 1.165) is 13.4 Å². The van der Waals surface area contributed by atoms with Crippen LogP contribution >= 0.6 is 0 Å². The van der Waals surface area contributed by atoms with Crippen molar-refractivity contribution in [2.24, 2.45) is 0 Å². The van der Waals surface area contributed by atoms with Gasteiger partial charge in [0.1, 0.15) is 36.6 Å². The van der Waals surface area contributed by atoms with E-state index in [9.17, 15) is 50.4 Å². The summed E-state index contributed by atoms with van der Waals surface area (Å²) in [6.07, 6.45) is -12.4. The molecule has 0 aromatic heterocycles. The molecule has 15 nitrogen and oxygen atoms in total. The number of carboxylic acids is 2. The molecule has 0 aliphatic carbocycles. The van der Waals surface area contributed by atoms with Crippen molar-refractivity contribution in [3.8, 4) is 0 Å². The Bertz CT molecular complexity index is 761. The van der Waals surface area contributed by atoms with E-state index in [4.69, 9.17) is 23.7 Å². The minimum absolute atomic E-state index is 0.644. The summed E-state index contributed by atoms with van der Waals surface area (Å²) in [6.45, 7) is -0.134. The molecule has 0 spiro atoms. The molecule has 0 bridgehead atoms. The molecule has 10 atom stereocenters. The van der Waals surface area contributed by atoms with Gasteiger partial charge in [-0.1, -0.05) is 6.08 Å². The van der Waals surface area contributed by atoms with Crippen LogP contribution in [-0.4, -0.2) is 134 Å². The lowest BCUT2D eigenvalue weighted by atomic mass is 9.91. The Morgan fingerprint density at radius 2 is 1.51 bits per heavy atom. The summed E-state index contributed by atoms with van der Waals surface area (Å²) < 4.78 is 26.5. The van der Waals surface area contributed by atoms with Gasteiger partial charge in [0.25, 0.3) is 5.79 Å². The number of rotatable bonds is 11. The third-order valence-corrected chi connectivity index (χ3v) is 5.83. The van der Waals surface area contributed by atoms with Crippen LogP contribution in [0.1, 0.15) is 19.8 Å². The lowest BCUT2D eigenvalue weighted by Gasteiger charge is -2.46. The fourth-order valence-electron chi connectivity index (χ4n) is 3.86. The molecule has 202 valence electrons. The van der Waals surface area contributed by atoms with Crippen molar-refractivity contribution in [3.05, 3.63) is 12.3 Å². The number of aliphatic hydroxyl groups is 6. The molecular weight excluding hydrogens is 480 g/mol.